The lowest BCUT2D eigenvalue weighted by Crippen LogP contribution is -2.28. The fraction of sp³-hybridized carbons (Fsp3) is 0.192. The number of H-pyrrole nitrogens is 1. The Balaban J connectivity index is 1.40. The third-order valence-corrected chi connectivity index (χ3v) is 5.43. The van der Waals surface area contributed by atoms with Crippen molar-refractivity contribution >= 4 is 5.91 Å². The zero-order valence-corrected chi connectivity index (χ0v) is 19.3. The van der Waals surface area contributed by atoms with Crippen LogP contribution in [0.5, 0.6) is 5.75 Å². The number of rotatable bonds is 9. The van der Waals surface area contributed by atoms with E-state index in [1.165, 1.54) is 0 Å². The summed E-state index contributed by atoms with van der Waals surface area (Å²) < 4.78 is 36.3. The number of hydrogen-bond donors (Lipinski definition) is 2. The second kappa shape index (κ2) is 10.9. The highest BCUT2D eigenvalue weighted by Crippen LogP contribution is 2.26. The minimum absolute atomic E-state index is 0.117. The first-order valence-corrected chi connectivity index (χ1v) is 11.1. The van der Waals surface area contributed by atoms with Gasteiger partial charge in [0.1, 0.15) is 12.4 Å². The Hall–Kier alpha value is -4.47. The molecule has 10 heteroatoms. The quantitative estimate of drug-likeness (QED) is 0.368. The van der Waals surface area contributed by atoms with Gasteiger partial charge in [-0.25, -0.2) is 23.4 Å². The summed E-state index contributed by atoms with van der Waals surface area (Å²) in [6.07, 6.45) is -2.60. The normalized spacial score (nSPS) is 11.0. The number of nitrogens with zero attached hydrogens (tertiary/aromatic N) is 1. The molecule has 0 atom stereocenters. The highest BCUT2D eigenvalue weighted by molar-refractivity contribution is 5.95. The van der Waals surface area contributed by atoms with Crippen molar-refractivity contribution in [3.05, 3.63) is 110 Å². The molecular weight excluding hydrogens is 472 g/mol. The Morgan fingerprint density at radius 1 is 1.06 bits per heavy atom. The predicted molar refractivity (Wildman–Crippen MR) is 128 cm³/mol. The van der Waals surface area contributed by atoms with E-state index in [1.54, 1.807) is 42.5 Å². The fourth-order valence-corrected chi connectivity index (χ4v) is 3.67. The van der Waals surface area contributed by atoms with Gasteiger partial charge < -0.3 is 14.6 Å². The number of nitrogens with one attached hydrogen (secondary N) is 2. The summed E-state index contributed by atoms with van der Waals surface area (Å²) in [5.74, 6) is -0.714. The van der Waals surface area contributed by atoms with Crippen LogP contribution in [0.2, 0.25) is 0 Å². The summed E-state index contributed by atoms with van der Waals surface area (Å²) in [7, 11) is 0. The van der Waals surface area contributed by atoms with Gasteiger partial charge in [-0.2, -0.15) is 0 Å². The second-order valence-corrected chi connectivity index (χ2v) is 8.11. The zero-order valence-electron chi connectivity index (χ0n) is 19.3. The molecule has 0 radical (unpaired) electrons. The number of aryl methyl sites for hydroxylation is 1. The maximum atomic E-state index is 12.3. The van der Waals surface area contributed by atoms with E-state index in [0.717, 1.165) is 32.6 Å². The van der Waals surface area contributed by atoms with Crippen molar-refractivity contribution in [3.8, 4) is 16.9 Å². The molecule has 0 aliphatic heterocycles. The van der Waals surface area contributed by atoms with Crippen LogP contribution in [0.1, 0.15) is 27.0 Å². The van der Waals surface area contributed by atoms with Gasteiger partial charge in [-0.05, 0) is 65.1 Å². The SMILES string of the molecule is Cc1cc(C(=O)NCC(F)F)ccc1-c1cccc(COc2ccc(Cn3oc(=O)[nH]c3=O)cc2)c1. The third kappa shape index (κ3) is 6.15. The number of carbonyl (C=O) groups excluding carboxylic acids is 1. The van der Waals surface area contributed by atoms with Gasteiger partial charge in [-0.3, -0.25) is 4.79 Å². The van der Waals surface area contributed by atoms with Gasteiger partial charge in [0.05, 0.1) is 13.1 Å². The largest absolute Gasteiger partial charge is 0.489 e. The minimum Gasteiger partial charge on any atom is -0.489 e. The molecule has 0 saturated heterocycles. The molecule has 186 valence electrons. The van der Waals surface area contributed by atoms with Crippen LogP contribution in [0.15, 0.2) is 80.8 Å². The molecule has 1 aromatic heterocycles. The number of ether oxygens (including phenoxy) is 1. The molecule has 36 heavy (non-hydrogen) atoms. The van der Waals surface area contributed by atoms with Crippen molar-refractivity contribution in [1.29, 1.82) is 0 Å². The second-order valence-electron chi connectivity index (χ2n) is 8.11. The maximum absolute atomic E-state index is 12.3. The standard InChI is InChI=1S/C26H23F2N3O5/c1-16-11-20(24(32)29-13-23(27)28)7-10-22(16)19-4-2-3-18(12-19)15-35-21-8-5-17(6-9-21)14-31-25(33)30-26(34)36-31/h2-12,23H,13-15H2,1H3,(H,29,32)(H,30,33,34). The smallest absolute Gasteiger partial charge is 0.440 e. The van der Waals surface area contributed by atoms with Crippen molar-refractivity contribution in [3.63, 3.8) is 0 Å². The molecule has 0 spiro atoms. The molecule has 8 nitrogen and oxygen atoms in total. The molecule has 0 aliphatic rings. The van der Waals surface area contributed by atoms with E-state index in [1.807, 2.05) is 36.2 Å². The minimum atomic E-state index is -2.60. The van der Waals surface area contributed by atoms with Crippen molar-refractivity contribution in [2.75, 3.05) is 6.54 Å². The third-order valence-electron chi connectivity index (χ3n) is 5.43. The molecule has 1 amide bonds. The van der Waals surface area contributed by atoms with Gasteiger partial charge in [0.25, 0.3) is 12.3 Å². The van der Waals surface area contributed by atoms with Gasteiger partial charge in [0.2, 0.25) is 0 Å². The van der Waals surface area contributed by atoms with E-state index in [-0.39, 0.29) is 6.54 Å². The zero-order chi connectivity index (χ0) is 25.7. The first-order valence-electron chi connectivity index (χ1n) is 11.1. The molecule has 4 aromatic rings. The molecule has 1 heterocycles. The van der Waals surface area contributed by atoms with E-state index in [9.17, 15) is 23.2 Å². The van der Waals surface area contributed by atoms with Crippen LogP contribution in [0, 0.1) is 6.92 Å². The Bertz CT molecular complexity index is 1470. The summed E-state index contributed by atoms with van der Waals surface area (Å²) in [5, 5.41) is 2.21. The van der Waals surface area contributed by atoms with Crippen molar-refractivity contribution in [2.45, 2.75) is 26.5 Å². The van der Waals surface area contributed by atoms with Crippen LogP contribution in [0.25, 0.3) is 11.1 Å². The first kappa shape index (κ1) is 24.6. The number of halogens is 2. The van der Waals surface area contributed by atoms with Gasteiger partial charge in [-0.1, -0.05) is 36.4 Å². The molecule has 0 unspecified atom stereocenters. The number of benzene rings is 3. The average molecular weight is 495 g/mol. The molecule has 2 N–H and O–H groups in total. The van der Waals surface area contributed by atoms with Gasteiger partial charge in [0.15, 0.2) is 0 Å². The number of carbonyl (C=O) groups is 1. The average Bonchev–Trinajstić information content (AvgIpc) is 3.18. The van der Waals surface area contributed by atoms with Crippen LogP contribution in [-0.2, 0) is 13.2 Å². The topological polar surface area (TPSA) is 106 Å². The molecule has 3 aromatic carbocycles. The first-order chi connectivity index (χ1) is 17.3. The summed E-state index contributed by atoms with van der Waals surface area (Å²) in [6, 6.07) is 19.9. The van der Waals surface area contributed by atoms with E-state index in [0.29, 0.717) is 17.9 Å². The number of amides is 1. The van der Waals surface area contributed by atoms with Crippen molar-refractivity contribution in [2.24, 2.45) is 0 Å². The molecule has 0 fully saturated rings. The van der Waals surface area contributed by atoms with Crippen LogP contribution in [-0.4, -0.2) is 28.6 Å². The predicted octanol–water partition coefficient (Wildman–Crippen LogP) is 3.73. The van der Waals surface area contributed by atoms with Crippen molar-refractivity contribution in [1.82, 2.24) is 15.0 Å². The van der Waals surface area contributed by atoms with Gasteiger partial charge in [0, 0.05) is 5.56 Å². The number of hydrogen-bond acceptors (Lipinski definition) is 5. The molecule has 0 bridgehead atoms. The Morgan fingerprint density at radius 3 is 2.50 bits per heavy atom. The van der Waals surface area contributed by atoms with E-state index >= 15 is 0 Å². The Kier molecular flexibility index (Phi) is 7.43. The van der Waals surface area contributed by atoms with Gasteiger partial charge in [-0.15, -0.1) is 4.74 Å². The van der Waals surface area contributed by atoms with E-state index in [4.69, 9.17) is 9.26 Å². The van der Waals surface area contributed by atoms with Crippen molar-refractivity contribution < 1.29 is 22.8 Å². The lowest BCUT2D eigenvalue weighted by molar-refractivity contribution is 0.0891. The van der Waals surface area contributed by atoms with Gasteiger partial charge >= 0.3 is 11.4 Å². The fourth-order valence-electron chi connectivity index (χ4n) is 3.67. The summed E-state index contributed by atoms with van der Waals surface area (Å²) >= 11 is 0. The molecule has 0 aliphatic carbocycles. The highest BCUT2D eigenvalue weighted by atomic mass is 19.3. The maximum Gasteiger partial charge on any atom is 0.440 e. The van der Waals surface area contributed by atoms with Crippen LogP contribution in [0.3, 0.4) is 0 Å². The summed E-state index contributed by atoms with van der Waals surface area (Å²) in [5.41, 5.74) is 4.08. The van der Waals surface area contributed by atoms with E-state index < -0.39 is 30.3 Å². The highest BCUT2D eigenvalue weighted by Gasteiger charge is 2.11. The lowest BCUT2D eigenvalue weighted by Gasteiger charge is -2.12. The van der Waals surface area contributed by atoms with Crippen LogP contribution < -0.4 is 21.5 Å². The molecular formula is C26H23F2N3O5. The summed E-state index contributed by atoms with van der Waals surface area (Å²) in [6.45, 7) is 1.60. The summed E-state index contributed by atoms with van der Waals surface area (Å²) in [4.78, 5) is 36.7. The molecule has 4 rings (SSSR count). The number of alkyl halides is 2. The van der Waals surface area contributed by atoms with E-state index in [2.05, 4.69) is 5.32 Å². The Labute approximate surface area is 204 Å². The van der Waals surface area contributed by atoms with Crippen LogP contribution in [0.4, 0.5) is 8.78 Å². The Morgan fingerprint density at radius 2 is 1.83 bits per heavy atom. The number of aromatic nitrogens is 2. The molecule has 0 saturated carbocycles. The van der Waals surface area contributed by atoms with Crippen LogP contribution >= 0.6 is 0 Å². The monoisotopic (exact) mass is 495 g/mol. The lowest BCUT2D eigenvalue weighted by atomic mass is 9.97. The number of aromatic amines is 1.